The van der Waals surface area contributed by atoms with Gasteiger partial charge in [0.1, 0.15) is 11.5 Å². The van der Waals surface area contributed by atoms with Gasteiger partial charge in [0, 0.05) is 11.8 Å². The number of amidine groups is 1. The third-order valence-electron chi connectivity index (χ3n) is 5.19. The van der Waals surface area contributed by atoms with Gasteiger partial charge in [0.2, 0.25) is 0 Å². The maximum atomic E-state index is 13.1. The second-order valence-corrected chi connectivity index (χ2v) is 7.93. The number of aliphatic imine (C=N–C) groups is 1. The van der Waals surface area contributed by atoms with Gasteiger partial charge < -0.3 is 19.1 Å². The van der Waals surface area contributed by atoms with E-state index in [1.165, 1.54) is 11.8 Å². The van der Waals surface area contributed by atoms with Crippen molar-refractivity contribution in [2.45, 2.75) is 33.7 Å². The van der Waals surface area contributed by atoms with Crippen LogP contribution >= 0.6 is 11.8 Å². The average Bonchev–Trinajstić information content (AvgIpc) is 3.21. The van der Waals surface area contributed by atoms with E-state index in [0.717, 1.165) is 33.0 Å². The number of thioether (sulfide) groups is 1. The van der Waals surface area contributed by atoms with Gasteiger partial charge in [0.25, 0.3) is 0 Å². The number of nitrogens with zero attached hydrogens (tertiary/aromatic N) is 2. The van der Waals surface area contributed by atoms with E-state index in [0.29, 0.717) is 31.1 Å². The highest BCUT2D eigenvalue weighted by Crippen LogP contribution is 2.47. The first kappa shape index (κ1) is 21.3. The van der Waals surface area contributed by atoms with Gasteiger partial charge in [-0.2, -0.15) is 0 Å². The third kappa shape index (κ3) is 3.90. The Bertz CT molecular complexity index is 1100. The summed E-state index contributed by atoms with van der Waals surface area (Å²) in [6, 6.07) is 9.60. The molecule has 2 aliphatic heterocycles. The Balaban J connectivity index is 2.00. The van der Waals surface area contributed by atoms with E-state index in [4.69, 9.17) is 14.2 Å². The highest BCUT2D eigenvalue weighted by Gasteiger charge is 2.39. The molecule has 4 rings (SSSR count). The van der Waals surface area contributed by atoms with Crippen LogP contribution in [0, 0.1) is 0 Å². The van der Waals surface area contributed by atoms with E-state index < -0.39 is 6.04 Å². The summed E-state index contributed by atoms with van der Waals surface area (Å²) in [5.74, 6) is 1.15. The van der Waals surface area contributed by atoms with E-state index in [2.05, 4.69) is 4.99 Å². The molecule has 6 nitrogen and oxygen atoms in total. The molecule has 2 aliphatic rings. The van der Waals surface area contributed by atoms with Gasteiger partial charge in [0.05, 0.1) is 37.1 Å². The Morgan fingerprint density at radius 2 is 1.87 bits per heavy atom. The van der Waals surface area contributed by atoms with Crippen molar-refractivity contribution < 1.29 is 19.0 Å². The number of hydrogen-bond donors (Lipinski definition) is 0. The molecule has 0 amide bonds. The van der Waals surface area contributed by atoms with Gasteiger partial charge >= 0.3 is 5.97 Å². The molecule has 31 heavy (non-hydrogen) atoms. The summed E-state index contributed by atoms with van der Waals surface area (Å²) in [5.41, 5.74) is 2.09. The smallest absolute Gasteiger partial charge is 0.338 e. The van der Waals surface area contributed by atoms with Gasteiger partial charge in [0.15, 0.2) is 5.17 Å². The highest BCUT2D eigenvalue weighted by atomic mass is 32.2. The molecule has 2 aromatic rings. The number of fused-ring (bicyclic) bond motifs is 2. The Labute approximate surface area is 186 Å². The zero-order valence-electron chi connectivity index (χ0n) is 18.2. The van der Waals surface area contributed by atoms with Crippen LogP contribution in [0.1, 0.15) is 39.3 Å². The normalized spacial score (nSPS) is 17.6. The fraction of sp³-hybridized carbons (Fsp3) is 0.333. The zero-order valence-corrected chi connectivity index (χ0v) is 19.0. The number of carbonyl (C=O) groups is 1. The molecule has 0 fully saturated rings. The lowest BCUT2D eigenvalue weighted by atomic mass is 9.90. The minimum atomic E-state index is -0.417. The molecule has 2 heterocycles. The summed E-state index contributed by atoms with van der Waals surface area (Å²) in [7, 11) is 0. The summed E-state index contributed by atoms with van der Waals surface area (Å²) in [6.45, 7) is 8.97. The highest BCUT2D eigenvalue weighted by molar-refractivity contribution is 8.16. The molecule has 1 unspecified atom stereocenters. The minimum Gasteiger partial charge on any atom is -0.494 e. The molecule has 7 heteroatoms. The minimum absolute atomic E-state index is 0.297. The third-order valence-corrected chi connectivity index (χ3v) is 5.97. The van der Waals surface area contributed by atoms with Crippen molar-refractivity contribution in [3.8, 4) is 11.5 Å². The molecule has 0 saturated carbocycles. The van der Waals surface area contributed by atoms with Crippen LogP contribution in [0.3, 0.4) is 0 Å². The summed E-state index contributed by atoms with van der Waals surface area (Å²) in [6.07, 6.45) is 1.96. The molecule has 0 radical (unpaired) electrons. The molecule has 0 aliphatic carbocycles. The lowest BCUT2D eigenvalue weighted by Crippen LogP contribution is -2.34. The van der Waals surface area contributed by atoms with Crippen LogP contribution in [0.4, 0.5) is 0 Å². The zero-order chi connectivity index (χ0) is 22.0. The lowest BCUT2D eigenvalue weighted by molar-refractivity contribution is -0.139. The van der Waals surface area contributed by atoms with Gasteiger partial charge in [-0.15, -0.1) is 0 Å². The van der Waals surface area contributed by atoms with E-state index in [1.54, 1.807) is 0 Å². The molecule has 0 bridgehead atoms. The van der Waals surface area contributed by atoms with E-state index in [-0.39, 0.29) is 5.97 Å². The van der Waals surface area contributed by atoms with Crippen molar-refractivity contribution in [1.29, 1.82) is 0 Å². The van der Waals surface area contributed by atoms with Crippen molar-refractivity contribution in [2.75, 3.05) is 19.8 Å². The van der Waals surface area contributed by atoms with Crippen LogP contribution in [0.25, 0.3) is 10.8 Å². The number of esters is 1. The summed E-state index contributed by atoms with van der Waals surface area (Å²) in [5, 5.41) is 4.83. The number of benzene rings is 2. The first-order valence-electron chi connectivity index (χ1n) is 10.5. The Morgan fingerprint density at radius 3 is 2.61 bits per heavy atom. The van der Waals surface area contributed by atoms with E-state index in [9.17, 15) is 4.79 Å². The van der Waals surface area contributed by atoms with Crippen molar-refractivity contribution in [1.82, 2.24) is 4.90 Å². The molecular weight excluding hydrogens is 412 g/mol. The second-order valence-electron chi connectivity index (χ2n) is 7.05. The van der Waals surface area contributed by atoms with Crippen molar-refractivity contribution in [2.24, 2.45) is 4.99 Å². The van der Waals surface area contributed by atoms with Crippen molar-refractivity contribution in [3.05, 3.63) is 58.8 Å². The number of rotatable bonds is 7. The fourth-order valence-electron chi connectivity index (χ4n) is 3.98. The quantitative estimate of drug-likeness (QED) is 0.539. The molecule has 2 aromatic carbocycles. The second kappa shape index (κ2) is 9.06. The molecule has 1 atom stereocenters. The number of hydrogen-bond acceptors (Lipinski definition) is 7. The van der Waals surface area contributed by atoms with Gasteiger partial charge in [-0.1, -0.05) is 23.9 Å². The van der Waals surface area contributed by atoms with Crippen LogP contribution in [0.5, 0.6) is 11.5 Å². The molecule has 0 saturated heterocycles. The van der Waals surface area contributed by atoms with Crippen molar-refractivity contribution >= 4 is 33.7 Å². The Kier molecular flexibility index (Phi) is 6.23. The average molecular weight is 439 g/mol. The van der Waals surface area contributed by atoms with Crippen LogP contribution in [0.15, 0.2) is 58.2 Å². The maximum absolute atomic E-state index is 13.1. The summed E-state index contributed by atoms with van der Waals surface area (Å²) in [4.78, 5) is 19.8. The van der Waals surface area contributed by atoms with Gasteiger partial charge in [-0.05, 0) is 62.1 Å². The van der Waals surface area contributed by atoms with Crippen LogP contribution < -0.4 is 9.47 Å². The first-order valence-corrected chi connectivity index (χ1v) is 11.4. The first-order chi connectivity index (χ1) is 15.1. The van der Waals surface area contributed by atoms with Crippen LogP contribution in [-0.4, -0.2) is 35.9 Å². The van der Waals surface area contributed by atoms with Gasteiger partial charge in [-0.3, -0.25) is 0 Å². The number of carbonyl (C=O) groups excluding carboxylic acids is 1. The Morgan fingerprint density at radius 1 is 1.10 bits per heavy atom. The van der Waals surface area contributed by atoms with E-state index >= 15 is 0 Å². The van der Waals surface area contributed by atoms with Crippen LogP contribution in [-0.2, 0) is 9.53 Å². The summed E-state index contributed by atoms with van der Waals surface area (Å²) >= 11 is 1.54. The van der Waals surface area contributed by atoms with Gasteiger partial charge in [-0.25, -0.2) is 9.79 Å². The van der Waals surface area contributed by atoms with Crippen molar-refractivity contribution in [3.63, 3.8) is 0 Å². The maximum Gasteiger partial charge on any atom is 0.338 e. The molecule has 0 N–H and O–H groups in total. The van der Waals surface area contributed by atoms with E-state index in [1.807, 2.05) is 74.5 Å². The van der Waals surface area contributed by atoms with Crippen LogP contribution in [0.2, 0.25) is 0 Å². The largest absolute Gasteiger partial charge is 0.494 e. The molecule has 162 valence electrons. The number of ether oxygens (including phenoxy) is 3. The monoisotopic (exact) mass is 438 g/mol. The predicted molar refractivity (Wildman–Crippen MR) is 124 cm³/mol. The Hall–Kier alpha value is -2.93. The standard InChI is InChI=1S/C24H26N2O4S/c1-5-28-17-10-8-16-9-11-19(29-6-2)21(18(16)14-17)22-20(23(27)30-7-3)15(4)25-24-26(22)12-13-31-24/h8-14,22H,5-7H2,1-4H3. The summed E-state index contributed by atoms with van der Waals surface area (Å²) < 4.78 is 17.3. The molecule has 0 aromatic heterocycles. The topological polar surface area (TPSA) is 60.4 Å². The molecule has 0 spiro atoms. The number of allylic oxidation sites excluding steroid dienone is 1. The SMILES string of the molecule is CCOC(=O)C1=C(C)N=C2SC=CN2C1c1c(OCC)ccc2ccc(OCC)cc12. The molecular formula is C24H26N2O4S. The fourth-order valence-corrected chi connectivity index (χ4v) is 4.77. The lowest BCUT2D eigenvalue weighted by Gasteiger charge is -2.34. The predicted octanol–water partition coefficient (Wildman–Crippen LogP) is 5.41.